The van der Waals surface area contributed by atoms with Gasteiger partial charge in [0.05, 0.1) is 0 Å². The minimum atomic E-state index is -0.289. The van der Waals surface area contributed by atoms with Crippen LogP contribution in [0.1, 0.15) is 45.1 Å². The summed E-state index contributed by atoms with van der Waals surface area (Å²) in [6, 6.07) is 7.78. The van der Waals surface area contributed by atoms with Crippen molar-refractivity contribution in [2.45, 2.75) is 39.5 Å². The van der Waals surface area contributed by atoms with E-state index in [1.165, 1.54) is 0 Å². The Balaban J connectivity index is 2.36. The number of hydrogen-bond acceptors (Lipinski definition) is 4. The summed E-state index contributed by atoms with van der Waals surface area (Å²) in [7, 11) is 3.94. The fraction of sp³-hybridized carbons (Fsp3) is 0.476. The Morgan fingerprint density at radius 3 is 1.81 bits per heavy atom. The molecule has 1 saturated heterocycles. The average Bonchev–Trinajstić information content (AvgIpc) is 2.65. The number of carbonyl (C=O) groups is 2. The van der Waals surface area contributed by atoms with Crippen LogP contribution in [-0.4, -0.2) is 53.9 Å². The number of nitrogens with zero attached hydrogens (tertiary/aromatic N) is 3. The Bertz CT molecular complexity index is 693. The molecule has 0 atom stereocenters. The summed E-state index contributed by atoms with van der Waals surface area (Å²) in [4.78, 5) is 31.1. The van der Waals surface area contributed by atoms with Gasteiger partial charge in [-0.25, -0.2) is 0 Å². The molecule has 2 amide bonds. The molecular formula is C21H29N3O2S. The molecule has 0 aliphatic carbocycles. The van der Waals surface area contributed by atoms with Gasteiger partial charge in [-0.15, -0.1) is 0 Å². The highest BCUT2D eigenvalue weighted by atomic mass is 32.1. The predicted octanol–water partition coefficient (Wildman–Crippen LogP) is 3.69. The molecular weight excluding hydrogens is 358 g/mol. The summed E-state index contributed by atoms with van der Waals surface area (Å²) in [5.74, 6) is -0.578. The fourth-order valence-corrected chi connectivity index (χ4v) is 3.24. The lowest BCUT2D eigenvalue weighted by Gasteiger charge is -2.36. The highest BCUT2D eigenvalue weighted by Gasteiger charge is 2.38. The molecule has 2 rings (SSSR count). The first-order valence-electron chi connectivity index (χ1n) is 9.57. The van der Waals surface area contributed by atoms with Crippen LogP contribution in [0.4, 0.5) is 5.69 Å². The Kier molecular flexibility index (Phi) is 7.54. The molecule has 0 unspecified atom stereocenters. The molecule has 6 heteroatoms. The lowest BCUT2D eigenvalue weighted by Crippen LogP contribution is -2.56. The van der Waals surface area contributed by atoms with E-state index in [1.807, 2.05) is 43.3 Å². The summed E-state index contributed by atoms with van der Waals surface area (Å²) in [5.41, 5.74) is 2.08. The van der Waals surface area contributed by atoms with Crippen molar-refractivity contribution in [3.8, 4) is 0 Å². The van der Waals surface area contributed by atoms with E-state index in [9.17, 15) is 9.59 Å². The van der Waals surface area contributed by atoms with Crippen LogP contribution in [-0.2, 0) is 9.59 Å². The maximum atomic E-state index is 13.0. The first-order valence-corrected chi connectivity index (χ1v) is 9.98. The summed E-state index contributed by atoms with van der Waals surface area (Å²) in [6.07, 6.45) is 5.31. The summed E-state index contributed by atoms with van der Waals surface area (Å²) in [5, 5.41) is 0.340. The Hall–Kier alpha value is -2.21. The van der Waals surface area contributed by atoms with Crippen molar-refractivity contribution >= 4 is 40.9 Å². The van der Waals surface area contributed by atoms with E-state index in [2.05, 4.69) is 13.8 Å². The van der Waals surface area contributed by atoms with E-state index < -0.39 is 0 Å². The van der Waals surface area contributed by atoms with Gasteiger partial charge in [-0.05, 0) is 48.8 Å². The van der Waals surface area contributed by atoms with Crippen molar-refractivity contribution < 1.29 is 9.59 Å². The quantitative estimate of drug-likeness (QED) is 0.388. The molecule has 1 aliphatic rings. The minimum Gasteiger partial charge on any atom is -0.378 e. The van der Waals surface area contributed by atoms with Gasteiger partial charge in [0, 0.05) is 32.9 Å². The van der Waals surface area contributed by atoms with Gasteiger partial charge in [0.1, 0.15) is 5.57 Å². The van der Waals surface area contributed by atoms with Gasteiger partial charge >= 0.3 is 0 Å². The van der Waals surface area contributed by atoms with E-state index in [4.69, 9.17) is 12.2 Å². The normalized spacial score (nSPS) is 14.8. The van der Waals surface area contributed by atoms with Gasteiger partial charge in [0.2, 0.25) is 0 Å². The maximum Gasteiger partial charge on any atom is 0.265 e. The van der Waals surface area contributed by atoms with Crippen molar-refractivity contribution in [3.63, 3.8) is 0 Å². The molecule has 0 N–H and O–H groups in total. The molecule has 0 aromatic heterocycles. The SMILES string of the molecule is CCCCN1C(=O)C(=Cc2ccc(N(C)C)cc2)C(=O)N(CCCC)C1=S. The van der Waals surface area contributed by atoms with Crippen molar-refractivity contribution in [2.24, 2.45) is 0 Å². The van der Waals surface area contributed by atoms with Gasteiger partial charge < -0.3 is 4.90 Å². The van der Waals surface area contributed by atoms with E-state index in [-0.39, 0.29) is 17.4 Å². The summed E-state index contributed by atoms with van der Waals surface area (Å²) < 4.78 is 0. The largest absolute Gasteiger partial charge is 0.378 e. The number of anilines is 1. The van der Waals surface area contributed by atoms with Crippen LogP contribution in [0.3, 0.4) is 0 Å². The molecule has 0 radical (unpaired) electrons. The Morgan fingerprint density at radius 1 is 0.926 bits per heavy atom. The van der Waals surface area contributed by atoms with E-state index in [1.54, 1.807) is 15.9 Å². The summed E-state index contributed by atoms with van der Waals surface area (Å²) >= 11 is 5.47. The average molecular weight is 388 g/mol. The minimum absolute atomic E-state index is 0.188. The maximum absolute atomic E-state index is 13.0. The monoisotopic (exact) mass is 387 g/mol. The van der Waals surface area contributed by atoms with Crippen LogP contribution in [0.2, 0.25) is 0 Å². The number of thiocarbonyl (C=S) groups is 1. The number of rotatable bonds is 8. The molecule has 1 fully saturated rings. The molecule has 0 bridgehead atoms. The number of carbonyl (C=O) groups excluding carboxylic acids is 2. The van der Waals surface area contributed by atoms with Crippen LogP contribution in [0.25, 0.3) is 6.08 Å². The first kappa shape index (κ1) is 21.1. The lowest BCUT2D eigenvalue weighted by atomic mass is 10.1. The molecule has 5 nitrogen and oxygen atoms in total. The zero-order chi connectivity index (χ0) is 20.0. The third kappa shape index (κ3) is 4.95. The van der Waals surface area contributed by atoms with Crippen LogP contribution < -0.4 is 4.90 Å². The topological polar surface area (TPSA) is 43.9 Å². The third-order valence-electron chi connectivity index (χ3n) is 4.60. The third-order valence-corrected chi connectivity index (χ3v) is 5.04. The highest BCUT2D eigenvalue weighted by molar-refractivity contribution is 7.80. The number of hydrogen-bond donors (Lipinski definition) is 0. The molecule has 1 aromatic carbocycles. The van der Waals surface area contributed by atoms with Crippen LogP contribution in [0.15, 0.2) is 29.8 Å². The molecule has 1 aromatic rings. The van der Waals surface area contributed by atoms with E-state index in [0.717, 1.165) is 36.9 Å². The van der Waals surface area contributed by atoms with E-state index in [0.29, 0.717) is 18.2 Å². The molecule has 1 aliphatic heterocycles. The lowest BCUT2D eigenvalue weighted by molar-refractivity contribution is -0.133. The van der Waals surface area contributed by atoms with Crippen LogP contribution >= 0.6 is 12.2 Å². The van der Waals surface area contributed by atoms with Gasteiger partial charge in [0.25, 0.3) is 11.8 Å². The zero-order valence-electron chi connectivity index (χ0n) is 16.7. The van der Waals surface area contributed by atoms with Crippen molar-refractivity contribution in [1.29, 1.82) is 0 Å². The molecule has 0 saturated carbocycles. The van der Waals surface area contributed by atoms with Crippen molar-refractivity contribution in [1.82, 2.24) is 9.80 Å². The zero-order valence-corrected chi connectivity index (χ0v) is 17.5. The fourth-order valence-electron chi connectivity index (χ4n) is 2.89. The smallest absolute Gasteiger partial charge is 0.265 e. The van der Waals surface area contributed by atoms with E-state index >= 15 is 0 Å². The predicted molar refractivity (Wildman–Crippen MR) is 115 cm³/mol. The highest BCUT2D eigenvalue weighted by Crippen LogP contribution is 2.22. The van der Waals surface area contributed by atoms with Crippen molar-refractivity contribution in [3.05, 3.63) is 35.4 Å². The first-order chi connectivity index (χ1) is 12.9. The second-order valence-corrected chi connectivity index (χ2v) is 7.31. The summed E-state index contributed by atoms with van der Waals surface area (Å²) in [6.45, 7) is 5.23. The Labute approximate surface area is 167 Å². The second-order valence-electron chi connectivity index (χ2n) is 6.95. The second kappa shape index (κ2) is 9.65. The molecule has 0 spiro atoms. The van der Waals surface area contributed by atoms with Gasteiger partial charge in [-0.3, -0.25) is 19.4 Å². The Morgan fingerprint density at radius 2 is 1.41 bits per heavy atom. The van der Waals surface area contributed by atoms with Crippen molar-refractivity contribution in [2.75, 3.05) is 32.1 Å². The van der Waals surface area contributed by atoms with Crippen LogP contribution in [0.5, 0.6) is 0 Å². The van der Waals surface area contributed by atoms with Gasteiger partial charge in [0.15, 0.2) is 5.11 Å². The number of benzene rings is 1. The number of unbranched alkanes of at least 4 members (excludes halogenated alkanes) is 2. The molecule has 146 valence electrons. The van der Waals surface area contributed by atoms with Crippen LogP contribution in [0, 0.1) is 0 Å². The van der Waals surface area contributed by atoms with Gasteiger partial charge in [-0.1, -0.05) is 38.8 Å². The molecule has 27 heavy (non-hydrogen) atoms. The molecule has 1 heterocycles. The standard InChI is InChI=1S/C21H29N3O2S/c1-5-7-13-23-19(25)18(20(26)24(21(23)27)14-8-6-2)15-16-9-11-17(12-10-16)22(3)4/h9-12,15H,5-8,13-14H2,1-4H3. The van der Waals surface area contributed by atoms with Gasteiger partial charge in [-0.2, -0.15) is 0 Å². The number of amides is 2.